The third kappa shape index (κ3) is 5.74. The number of rotatable bonds is 6. The number of methoxy groups -OCH3 is 1. The fraction of sp³-hybridized carbons (Fsp3) is 0.500. The minimum absolute atomic E-state index is 0. The Balaban J connectivity index is 0.00000288. The Bertz CT molecular complexity index is 607. The molecule has 1 heterocycles. The van der Waals surface area contributed by atoms with Gasteiger partial charge in [0.2, 0.25) is 5.75 Å². The van der Waals surface area contributed by atoms with Gasteiger partial charge in [0.05, 0.1) is 12.0 Å². The van der Waals surface area contributed by atoms with Crippen molar-refractivity contribution in [1.82, 2.24) is 10.2 Å². The molecule has 7 nitrogen and oxygen atoms in total. The number of nitrogens with one attached hydrogen (secondary N) is 1. The van der Waals surface area contributed by atoms with E-state index in [1.165, 1.54) is 13.2 Å². The minimum Gasteiger partial charge on any atom is -0.500 e. The van der Waals surface area contributed by atoms with Crippen LogP contribution < -0.4 is 10.1 Å². The zero-order chi connectivity index (χ0) is 17.0. The van der Waals surface area contributed by atoms with E-state index in [-0.39, 0.29) is 42.3 Å². The molecule has 1 saturated heterocycles. The topological polar surface area (TPSA) is 87.9 Å². The molecule has 1 aromatic rings. The van der Waals surface area contributed by atoms with Crippen LogP contribution in [0.2, 0.25) is 0 Å². The van der Waals surface area contributed by atoms with E-state index in [4.69, 9.17) is 4.74 Å². The first kappa shape index (κ1) is 23.5. The number of benzene rings is 1. The molecular weight excluding hydrogens is 369 g/mol. The number of nitrogens with zero attached hydrogens (tertiary/aromatic N) is 2. The zero-order valence-electron chi connectivity index (χ0n) is 14.4. The first-order valence-electron chi connectivity index (χ1n) is 7.58. The van der Waals surface area contributed by atoms with E-state index in [0.717, 1.165) is 37.3 Å². The molecule has 25 heavy (non-hydrogen) atoms. The fourth-order valence-electron chi connectivity index (χ4n) is 2.88. The third-order valence-electron chi connectivity index (χ3n) is 4.01. The molecule has 0 saturated carbocycles. The van der Waals surface area contributed by atoms with Crippen molar-refractivity contribution in [2.24, 2.45) is 0 Å². The number of aromatic hydroxyl groups is 1. The first-order valence-corrected chi connectivity index (χ1v) is 7.58. The lowest BCUT2D eigenvalue weighted by atomic mass is 9.97. The average molecular weight is 394 g/mol. The molecule has 0 radical (unpaired) electrons. The van der Waals surface area contributed by atoms with Gasteiger partial charge in [0.1, 0.15) is 0 Å². The second-order valence-corrected chi connectivity index (χ2v) is 5.81. The summed E-state index contributed by atoms with van der Waals surface area (Å²) in [6.45, 7) is 9.39. The molecule has 9 heteroatoms. The summed E-state index contributed by atoms with van der Waals surface area (Å²) in [5, 5.41) is 24.5. The van der Waals surface area contributed by atoms with Crippen LogP contribution in [0.1, 0.15) is 24.9 Å². The molecule has 0 spiro atoms. The highest BCUT2D eigenvalue weighted by atomic mass is 35.5. The number of phenolic OH excluding ortho intramolecular Hbond substituents is 1. The number of hydrogen-bond acceptors (Lipinski definition) is 6. The van der Waals surface area contributed by atoms with E-state index in [9.17, 15) is 15.2 Å². The van der Waals surface area contributed by atoms with E-state index in [0.29, 0.717) is 6.42 Å². The Kier molecular flexibility index (Phi) is 9.81. The Hall–Kier alpha value is -1.54. The summed E-state index contributed by atoms with van der Waals surface area (Å²) in [5.41, 5.74) is 1.43. The third-order valence-corrected chi connectivity index (χ3v) is 4.01. The molecule has 0 amide bonds. The Labute approximate surface area is 160 Å². The summed E-state index contributed by atoms with van der Waals surface area (Å²) in [6, 6.07) is 3.09. The molecule has 2 N–H and O–H groups in total. The monoisotopic (exact) mass is 393 g/mol. The smallest absolute Gasteiger partial charge is 0.314 e. The van der Waals surface area contributed by atoms with Gasteiger partial charge >= 0.3 is 5.69 Å². The van der Waals surface area contributed by atoms with Crippen molar-refractivity contribution in [3.05, 3.63) is 40.0 Å². The summed E-state index contributed by atoms with van der Waals surface area (Å²) < 4.78 is 5.11. The number of phenols is 1. The van der Waals surface area contributed by atoms with E-state index in [1.807, 2.05) is 6.92 Å². The average Bonchev–Trinajstić information content (AvgIpc) is 2.53. The quantitative estimate of drug-likeness (QED) is 0.438. The molecule has 1 aliphatic heterocycles. The second-order valence-electron chi connectivity index (χ2n) is 5.81. The van der Waals surface area contributed by atoms with Crippen molar-refractivity contribution in [1.29, 1.82) is 0 Å². The van der Waals surface area contributed by atoms with Crippen LogP contribution in [0.5, 0.6) is 11.5 Å². The SMILES string of the molecule is C=C(C)C[C@H](c1cc(OC)c(O)c([N+](=O)[O-])c1)N1CCNCC1.Cl.Cl. The molecule has 1 aromatic carbocycles. The van der Waals surface area contributed by atoms with Gasteiger partial charge in [-0.15, -0.1) is 31.4 Å². The van der Waals surface area contributed by atoms with Gasteiger partial charge in [0, 0.05) is 38.3 Å². The number of hydrogen-bond donors (Lipinski definition) is 2. The summed E-state index contributed by atoms with van der Waals surface area (Å²) in [7, 11) is 1.39. The molecule has 0 bridgehead atoms. The highest BCUT2D eigenvalue weighted by Gasteiger charge is 2.27. The van der Waals surface area contributed by atoms with Crippen LogP contribution in [-0.2, 0) is 0 Å². The van der Waals surface area contributed by atoms with Crippen molar-refractivity contribution in [2.75, 3.05) is 33.3 Å². The van der Waals surface area contributed by atoms with Crippen LogP contribution in [0.3, 0.4) is 0 Å². The Morgan fingerprint density at radius 2 is 2.04 bits per heavy atom. The maximum absolute atomic E-state index is 11.2. The molecule has 1 aliphatic rings. The number of nitro groups is 1. The first-order chi connectivity index (χ1) is 10.9. The summed E-state index contributed by atoms with van der Waals surface area (Å²) in [5.74, 6) is -0.313. The molecule has 142 valence electrons. The molecule has 2 rings (SSSR count). The summed E-state index contributed by atoms with van der Waals surface area (Å²) in [6.07, 6.45) is 0.699. The number of halogens is 2. The highest BCUT2D eigenvalue weighted by Crippen LogP contribution is 2.40. The van der Waals surface area contributed by atoms with Crippen LogP contribution in [-0.4, -0.2) is 48.2 Å². The molecule has 0 unspecified atom stereocenters. The van der Waals surface area contributed by atoms with Crippen molar-refractivity contribution in [2.45, 2.75) is 19.4 Å². The van der Waals surface area contributed by atoms with E-state index in [2.05, 4.69) is 16.8 Å². The lowest BCUT2D eigenvalue weighted by molar-refractivity contribution is -0.386. The zero-order valence-corrected chi connectivity index (χ0v) is 16.0. The molecule has 0 aromatic heterocycles. The molecular formula is C16H25Cl2N3O4. The largest absolute Gasteiger partial charge is 0.500 e. The molecule has 0 aliphatic carbocycles. The van der Waals surface area contributed by atoms with Gasteiger partial charge in [-0.2, -0.15) is 0 Å². The van der Waals surface area contributed by atoms with Crippen molar-refractivity contribution in [3.8, 4) is 11.5 Å². The predicted molar refractivity (Wildman–Crippen MR) is 102 cm³/mol. The van der Waals surface area contributed by atoms with Gasteiger partial charge in [-0.25, -0.2) is 0 Å². The predicted octanol–water partition coefficient (Wildman–Crippen LogP) is 3.07. The molecule has 1 fully saturated rings. The number of piperazine rings is 1. The number of nitro benzene ring substituents is 1. The normalized spacial score (nSPS) is 15.4. The van der Waals surface area contributed by atoms with Gasteiger partial charge in [-0.3, -0.25) is 15.0 Å². The Morgan fingerprint density at radius 1 is 1.44 bits per heavy atom. The maximum atomic E-state index is 11.2. The Morgan fingerprint density at radius 3 is 2.52 bits per heavy atom. The van der Waals surface area contributed by atoms with Gasteiger partial charge in [-0.05, 0) is 25.0 Å². The van der Waals surface area contributed by atoms with Crippen LogP contribution in [0, 0.1) is 10.1 Å². The number of ether oxygens (including phenoxy) is 1. The van der Waals surface area contributed by atoms with E-state index >= 15 is 0 Å². The van der Waals surface area contributed by atoms with Crippen molar-refractivity contribution >= 4 is 30.5 Å². The molecule has 1 atom stereocenters. The van der Waals surface area contributed by atoms with Crippen LogP contribution >= 0.6 is 24.8 Å². The standard InChI is InChI=1S/C16H23N3O4.2ClH/c1-11(2)8-13(18-6-4-17-5-7-18)12-9-14(19(21)22)16(20)15(10-12)23-3;;/h9-10,13,17,20H,1,4-8H2,2-3H3;2*1H/t13-;;/m1../s1. The van der Waals surface area contributed by atoms with Gasteiger partial charge in [0.15, 0.2) is 5.75 Å². The fourth-order valence-corrected chi connectivity index (χ4v) is 2.88. The lowest BCUT2D eigenvalue weighted by Gasteiger charge is -2.35. The van der Waals surface area contributed by atoms with Gasteiger partial charge in [0.25, 0.3) is 0 Å². The minimum atomic E-state index is -0.586. The van der Waals surface area contributed by atoms with Gasteiger partial charge < -0.3 is 15.2 Å². The van der Waals surface area contributed by atoms with E-state index < -0.39 is 10.7 Å². The van der Waals surface area contributed by atoms with Crippen LogP contribution in [0.25, 0.3) is 0 Å². The van der Waals surface area contributed by atoms with E-state index in [1.54, 1.807) is 6.07 Å². The summed E-state index contributed by atoms with van der Waals surface area (Å²) in [4.78, 5) is 12.9. The summed E-state index contributed by atoms with van der Waals surface area (Å²) >= 11 is 0. The van der Waals surface area contributed by atoms with Crippen molar-refractivity contribution < 1.29 is 14.8 Å². The van der Waals surface area contributed by atoms with Crippen molar-refractivity contribution in [3.63, 3.8) is 0 Å². The van der Waals surface area contributed by atoms with Crippen LogP contribution in [0.15, 0.2) is 24.3 Å². The van der Waals surface area contributed by atoms with Gasteiger partial charge in [-0.1, -0.05) is 5.57 Å². The maximum Gasteiger partial charge on any atom is 0.314 e. The highest BCUT2D eigenvalue weighted by molar-refractivity contribution is 5.85. The van der Waals surface area contributed by atoms with Crippen LogP contribution in [0.4, 0.5) is 5.69 Å². The second kappa shape index (κ2) is 10.5. The lowest BCUT2D eigenvalue weighted by Crippen LogP contribution is -2.45.